The smallest absolute Gasteiger partial charge is 0.332 e. The van der Waals surface area contributed by atoms with Gasteiger partial charge < -0.3 is 4.74 Å². The van der Waals surface area contributed by atoms with Crippen molar-refractivity contribution < 1.29 is 9.53 Å². The van der Waals surface area contributed by atoms with E-state index in [1.54, 1.807) is 6.92 Å². The van der Waals surface area contributed by atoms with E-state index in [0.717, 1.165) is 22.2 Å². The van der Waals surface area contributed by atoms with E-state index in [2.05, 4.69) is 0 Å². The highest BCUT2D eigenvalue weighted by Crippen LogP contribution is 1.94. The highest BCUT2D eigenvalue weighted by molar-refractivity contribution is 6.19. The van der Waals surface area contributed by atoms with Crippen LogP contribution in [0.5, 0.6) is 0 Å². The van der Waals surface area contributed by atoms with E-state index in [0.29, 0.717) is 6.61 Å². The molecule has 0 atom stereocenters. The molecule has 58 valence electrons. The van der Waals surface area contributed by atoms with E-state index >= 15 is 0 Å². The monoisotopic (exact) mass is 158 g/mol. The van der Waals surface area contributed by atoms with Crippen molar-refractivity contribution in [2.75, 3.05) is 6.61 Å². The first-order chi connectivity index (χ1) is 4.72. The molecule has 10 heavy (non-hydrogen) atoms. The van der Waals surface area contributed by atoms with Crippen LogP contribution in [0.3, 0.4) is 0 Å². The second kappa shape index (κ2) is 5.23. The average molecular weight is 158 g/mol. The molecule has 0 saturated heterocycles. The Morgan fingerprint density at radius 3 is 2.70 bits per heavy atom. The number of rotatable bonds is 3. The Kier molecular flexibility index (Phi) is 4.93. The van der Waals surface area contributed by atoms with E-state index in [9.17, 15) is 4.79 Å². The summed E-state index contributed by atoms with van der Waals surface area (Å²) in [4.78, 5) is 10.9. The van der Waals surface area contributed by atoms with Gasteiger partial charge in [0.05, 0.1) is 6.61 Å². The van der Waals surface area contributed by atoms with Crippen molar-refractivity contribution >= 4 is 16.2 Å². The van der Waals surface area contributed by atoms with Crippen LogP contribution in [0.2, 0.25) is 0 Å². The fourth-order valence-electron chi connectivity index (χ4n) is 0.426. The van der Waals surface area contributed by atoms with Gasteiger partial charge in [-0.1, -0.05) is 12.6 Å². The van der Waals surface area contributed by atoms with Crippen LogP contribution in [-0.2, 0) is 9.53 Å². The van der Waals surface area contributed by atoms with Crippen molar-refractivity contribution in [2.24, 2.45) is 0 Å². The van der Waals surface area contributed by atoms with Crippen molar-refractivity contribution in [2.45, 2.75) is 20.3 Å². The van der Waals surface area contributed by atoms with Crippen LogP contribution < -0.4 is 0 Å². The molecule has 0 unspecified atom stereocenters. The molecule has 0 rings (SSSR count). The van der Waals surface area contributed by atoms with Crippen LogP contribution in [0.4, 0.5) is 0 Å². The number of ether oxygens (including phenoxy) is 1. The predicted molar refractivity (Wildman–Crippen MR) is 44.9 cm³/mol. The maximum Gasteiger partial charge on any atom is 0.332 e. The van der Waals surface area contributed by atoms with Crippen molar-refractivity contribution in [1.29, 1.82) is 0 Å². The summed E-state index contributed by atoms with van der Waals surface area (Å²) in [5.74, 6) is -0.170. The highest BCUT2D eigenvalue weighted by Gasteiger charge is 2.01. The Labute approximate surface area is 64.7 Å². The van der Waals surface area contributed by atoms with Gasteiger partial charge in [0.2, 0.25) is 0 Å². The normalized spacial score (nSPS) is 11.6. The van der Waals surface area contributed by atoms with Gasteiger partial charge in [-0.15, -0.1) is 0 Å². The number of hydrogen-bond acceptors (Lipinski definition) is 2. The second-order valence-corrected chi connectivity index (χ2v) is 2.68. The van der Waals surface area contributed by atoms with Crippen LogP contribution in [0.15, 0.2) is 11.3 Å². The molecule has 0 bridgehead atoms. The van der Waals surface area contributed by atoms with Crippen LogP contribution in [0.25, 0.3) is 0 Å². The zero-order valence-corrected chi connectivity index (χ0v) is 8.81. The van der Waals surface area contributed by atoms with Gasteiger partial charge in [-0.05, 0) is 13.3 Å². The van der Waals surface area contributed by atoms with Gasteiger partial charge in [-0.2, -0.15) is 0 Å². The fourth-order valence-corrected chi connectivity index (χ4v) is 0.662. The lowest BCUT2D eigenvalue weighted by atomic mass is 10.4. The van der Waals surface area contributed by atoms with Crippen molar-refractivity contribution in [3.63, 3.8) is 0 Å². The quantitative estimate of drug-likeness (QED) is 0.333. The topological polar surface area (TPSA) is 26.3 Å². The summed E-state index contributed by atoms with van der Waals surface area (Å²) < 4.78 is 4.86. The standard InChI is InChI=1S/C7H14O2Si/c1-3-4-9-7(8)6(2)5-10/h5H,3-4H2,1-2,10H3. The molecule has 2 nitrogen and oxygen atoms in total. The largest absolute Gasteiger partial charge is 0.462 e. The first-order valence-corrected chi connectivity index (χ1v) is 4.67. The molecule has 0 aromatic carbocycles. The molecule has 0 saturated carbocycles. The molecule has 0 heterocycles. The zero-order valence-electron chi connectivity index (χ0n) is 6.81. The van der Waals surface area contributed by atoms with Crippen molar-refractivity contribution in [3.8, 4) is 0 Å². The van der Waals surface area contributed by atoms with Gasteiger partial charge in [0.1, 0.15) is 0 Å². The summed E-state index contributed by atoms with van der Waals surface area (Å²) in [5.41, 5.74) is 2.62. The summed E-state index contributed by atoms with van der Waals surface area (Å²) >= 11 is 0. The van der Waals surface area contributed by atoms with E-state index < -0.39 is 0 Å². The van der Waals surface area contributed by atoms with Crippen LogP contribution >= 0.6 is 0 Å². The number of carbonyl (C=O) groups is 1. The summed E-state index contributed by atoms with van der Waals surface area (Å²) in [5, 5.41) is 0. The molecule has 0 aromatic heterocycles. The molecule has 0 aromatic rings. The second-order valence-electron chi connectivity index (χ2n) is 2.11. The third-order valence-electron chi connectivity index (χ3n) is 1.19. The van der Waals surface area contributed by atoms with Gasteiger partial charge >= 0.3 is 5.97 Å². The molecule has 0 aliphatic carbocycles. The van der Waals surface area contributed by atoms with E-state index in [-0.39, 0.29) is 5.97 Å². The molecule has 0 aliphatic heterocycles. The first kappa shape index (κ1) is 9.43. The fraction of sp³-hybridized carbons (Fsp3) is 0.571. The first-order valence-electron chi connectivity index (χ1n) is 3.52. The molecule has 0 radical (unpaired) electrons. The molecule has 0 fully saturated rings. The van der Waals surface area contributed by atoms with Crippen molar-refractivity contribution in [1.82, 2.24) is 0 Å². The van der Waals surface area contributed by atoms with Gasteiger partial charge in [0.15, 0.2) is 0 Å². The van der Waals surface area contributed by atoms with E-state index in [1.807, 2.05) is 12.6 Å². The molecule has 3 heteroatoms. The summed E-state index contributed by atoms with van der Waals surface area (Å²) in [7, 11) is 0.916. The molecule has 0 spiro atoms. The lowest BCUT2D eigenvalue weighted by Gasteiger charge is -2.00. The van der Waals surface area contributed by atoms with Crippen LogP contribution in [0.1, 0.15) is 20.3 Å². The Morgan fingerprint density at radius 1 is 1.70 bits per heavy atom. The molecule has 0 aliphatic rings. The number of hydrogen-bond donors (Lipinski definition) is 0. The number of esters is 1. The molecular formula is C7H14O2Si. The Balaban J connectivity index is 3.63. The third-order valence-corrected chi connectivity index (χ3v) is 2.06. The minimum atomic E-state index is -0.170. The lowest BCUT2D eigenvalue weighted by molar-refractivity contribution is -0.138. The molecule has 0 amide bonds. The summed E-state index contributed by atoms with van der Waals surface area (Å²) in [6, 6.07) is 0. The Hall–Kier alpha value is -0.573. The van der Waals surface area contributed by atoms with Crippen LogP contribution in [0, 0.1) is 0 Å². The SMILES string of the molecule is CCCOC(=O)C(C)=C[SiH3]. The summed E-state index contributed by atoms with van der Waals surface area (Å²) in [6.45, 7) is 4.30. The number of carbonyl (C=O) groups excluding carboxylic acids is 1. The van der Waals surface area contributed by atoms with E-state index in [4.69, 9.17) is 4.74 Å². The summed E-state index contributed by atoms with van der Waals surface area (Å²) in [6.07, 6.45) is 0.889. The molecular weight excluding hydrogens is 144 g/mol. The minimum absolute atomic E-state index is 0.170. The Bertz CT molecular complexity index is 141. The van der Waals surface area contributed by atoms with Crippen molar-refractivity contribution in [3.05, 3.63) is 11.3 Å². The average Bonchev–Trinajstić information content (AvgIpc) is 1.98. The van der Waals surface area contributed by atoms with Gasteiger partial charge in [-0.25, -0.2) is 4.79 Å². The maximum absolute atomic E-state index is 10.9. The van der Waals surface area contributed by atoms with E-state index in [1.165, 1.54) is 0 Å². The highest BCUT2D eigenvalue weighted by atomic mass is 28.1. The van der Waals surface area contributed by atoms with Gasteiger partial charge in [0.25, 0.3) is 0 Å². The maximum atomic E-state index is 10.9. The predicted octanol–water partition coefficient (Wildman–Crippen LogP) is 0.209. The minimum Gasteiger partial charge on any atom is -0.462 e. The van der Waals surface area contributed by atoms with Gasteiger partial charge in [-0.3, -0.25) is 0 Å². The van der Waals surface area contributed by atoms with Crippen LogP contribution in [-0.4, -0.2) is 22.8 Å². The zero-order chi connectivity index (χ0) is 7.98. The van der Waals surface area contributed by atoms with Gasteiger partial charge in [0, 0.05) is 15.8 Å². The Morgan fingerprint density at radius 2 is 2.30 bits per heavy atom. The molecule has 0 N–H and O–H groups in total. The third kappa shape index (κ3) is 3.45. The lowest BCUT2D eigenvalue weighted by Crippen LogP contribution is -2.06.